The molecule has 2 N–H and O–H groups in total. The van der Waals surface area contributed by atoms with Crippen molar-refractivity contribution in [2.24, 2.45) is 5.41 Å². The van der Waals surface area contributed by atoms with Gasteiger partial charge < -0.3 is 14.9 Å². The lowest BCUT2D eigenvalue weighted by atomic mass is 9.72. The Kier molecular flexibility index (Phi) is 4.35. The number of rotatable bonds is 5. The van der Waals surface area contributed by atoms with Crippen molar-refractivity contribution in [3.8, 4) is 5.75 Å². The number of allylic oxidation sites excluding steroid dienone is 2. The monoisotopic (exact) mass is 302 g/mol. The second-order valence-electron chi connectivity index (χ2n) is 5.53. The van der Waals surface area contributed by atoms with Gasteiger partial charge in [-0.1, -0.05) is 23.8 Å². The van der Waals surface area contributed by atoms with Crippen LogP contribution in [0.2, 0.25) is 0 Å². The Balaban J connectivity index is 2.35. The highest BCUT2D eigenvalue weighted by atomic mass is 16.5. The van der Waals surface area contributed by atoms with E-state index in [-0.39, 0.29) is 18.4 Å². The normalized spacial score (nSPS) is 20.8. The molecule has 0 saturated carbocycles. The molecule has 1 atom stereocenters. The van der Waals surface area contributed by atoms with E-state index in [1.54, 1.807) is 44.4 Å². The van der Waals surface area contributed by atoms with E-state index in [0.29, 0.717) is 11.3 Å². The second-order valence-corrected chi connectivity index (χ2v) is 5.53. The molecule has 2 rings (SSSR count). The topological polar surface area (TPSA) is 83.8 Å². The fraction of sp³-hybridized carbons (Fsp3) is 0.294. The number of benzene rings is 1. The predicted molar refractivity (Wildman–Crippen MR) is 80.9 cm³/mol. The molecule has 1 aliphatic rings. The molecule has 1 aromatic rings. The van der Waals surface area contributed by atoms with Crippen molar-refractivity contribution in [2.75, 3.05) is 7.11 Å². The molecule has 0 amide bonds. The van der Waals surface area contributed by atoms with Crippen molar-refractivity contribution in [1.82, 2.24) is 0 Å². The smallest absolute Gasteiger partial charge is 0.331 e. The SMILES string of the molecule is COc1ccc(CC2(C(=O)O)C=C(C)C=C(C(=O)O)C2)cc1. The van der Waals surface area contributed by atoms with Gasteiger partial charge in [-0.2, -0.15) is 0 Å². The molecule has 116 valence electrons. The van der Waals surface area contributed by atoms with Gasteiger partial charge in [-0.25, -0.2) is 4.79 Å². The van der Waals surface area contributed by atoms with Crippen LogP contribution in [0.3, 0.4) is 0 Å². The van der Waals surface area contributed by atoms with E-state index in [1.807, 2.05) is 0 Å². The number of carbonyl (C=O) groups is 2. The zero-order valence-electron chi connectivity index (χ0n) is 12.5. The summed E-state index contributed by atoms with van der Waals surface area (Å²) in [4.78, 5) is 23.1. The van der Waals surface area contributed by atoms with E-state index in [9.17, 15) is 19.8 Å². The molecular formula is C17H18O5. The molecule has 0 saturated heterocycles. The maximum absolute atomic E-state index is 11.8. The summed E-state index contributed by atoms with van der Waals surface area (Å²) >= 11 is 0. The lowest BCUT2D eigenvalue weighted by molar-refractivity contribution is -0.146. The van der Waals surface area contributed by atoms with E-state index in [0.717, 1.165) is 5.56 Å². The van der Waals surface area contributed by atoms with Gasteiger partial charge in [0.15, 0.2) is 0 Å². The third-order valence-corrected chi connectivity index (χ3v) is 3.79. The summed E-state index contributed by atoms with van der Waals surface area (Å²) in [5, 5.41) is 18.9. The molecule has 0 aromatic heterocycles. The molecule has 1 aromatic carbocycles. The number of hydrogen-bond acceptors (Lipinski definition) is 3. The number of carboxylic acids is 2. The molecule has 22 heavy (non-hydrogen) atoms. The van der Waals surface area contributed by atoms with E-state index in [4.69, 9.17) is 4.74 Å². The third-order valence-electron chi connectivity index (χ3n) is 3.79. The summed E-state index contributed by atoms with van der Waals surface area (Å²) < 4.78 is 5.08. The first-order valence-corrected chi connectivity index (χ1v) is 6.86. The first-order chi connectivity index (χ1) is 10.4. The Morgan fingerprint density at radius 1 is 1.23 bits per heavy atom. The van der Waals surface area contributed by atoms with Crippen LogP contribution < -0.4 is 4.74 Å². The van der Waals surface area contributed by atoms with Gasteiger partial charge in [-0.15, -0.1) is 0 Å². The standard InChI is InChI=1S/C17H18O5/c1-11-7-13(15(18)19)10-17(8-11,16(20)21)9-12-3-5-14(22-2)6-4-12/h3-8H,9-10H2,1-2H3,(H,18,19)(H,20,21). The second kappa shape index (κ2) is 6.05. The number of aliphatic carboxylic acids is 2. The largest absolute Gasteiger partial charge is 0.497 e. The quantitative estimate of drug-likeness (QED) is 0.873. The summed E-state index contributed by atoms with van der Waals surface area (Å²) in [5.41, 5.74) is 0.357. The van der Waals surface area contributed by atoms with Gasteiger partial charge in [0.2, 0.25) is 0 Å². The Bertz CT molecular complexity index is 654. The fourth-order valence-corrected chi connectivity index (χ4v) is 2.77. The van der Waals surface area contributed by atoms with Crippen molar-refractivity contribution in [3.05, 3.63) is 53.1 Å². The molecule has 1 aliphatic carbocycles. The van der Waals surface area contributed by atoms with E-state index >= 15 is 0 Å². The Hall–Kier alpha value is -2.56. The van der Waals surface area contributed by atoms with Crippen LogP contribution in [0, 0.1) is 5.41 Å². The molecule has 1 unspecified atom stereocenters. The maximum atomic E-state index is 11.8. The third kappa shape index (κ3) is 3.19. The van der Waals surface area contributed by atoms with Crippen LogP contribution in [0.5, 0.6) is 5.75 Å². The highest BCUT2D eigenvalue weighted by molar-refractivity contribution is 5.90. The van der Waals surface area contributed by atoms with Gasteiger partial charge >= 0.3 is 11.9 Å². The van der Waals surface area contributed by atoms with Crippen LogP contribution in [-0.4, -0.2) is 29.3 Å². The molecular weight excluding hydrogens is 284 g/mol. The van der Waals surface area contributed by atoms with Crippen LogP contribution in [0.25, 0.3) is 0 Å². The number of methoxy groups -OCH3 is 1. The maximum Gasteiger partial charge on any atom is 0.331 e. The minimum absolute atomic E-state index is 0.0268. The first kappa shape index (κ1) is 15.8. The number of hydrogen-bond donors (Lipinski definition) is 2. The van der Waals surface area contributed by atoms with Crippen molar-refractivity contribution in [1.29, 1.82) is 0 Å². The summed E-state index contributed by atoms with van der Waals surface area (Å²) in [6.45, 7) is 1.72. The van der Waals surface area contributed by atoms with Crippen LogP contribution in [0.1, 0.15) is 18.9 Å². The zero-order valence-corrected chi connectivity index (χ0v) is 12.5. The van der Waals surface area contributed by atoms with Crippen molar-refractivity contribution in [3.63, 3.8) is 0 Å². The first-order valence-electron chi connectivity index (χ1n) is 6.86. The average Bonchev–Trinajstić information content (AvgIpc) is 2.47. The summed E-state index contributed by atoms with van der Waals surface area (Å²) in [6.07, 6.45) is 3.37. The Labute approximate surface area is 128 Å². The van der Waals surface area contributed by atoms with E-state index in [2.05, 4.69) is 0 Å². The number of carboxylic acid groups (broad SMARTS) is 2. The molecule has 0 bridgehead atoms. The van der Waals surface area contributed by atoms with Gasteiger partial charge in [-0.05, 0) is 43.5 Å². The van der Waals surface area contributed by atoms with Crippen molar-refractivity contribution < 1.29 is 24.5 Å². The number of ether oxygens (including phenoxy) is 1. The Morgan fingerprint density at radius 2 is 1.86 bits per heavy atom. The summed E-state index contributed by atoms with van der Waals surface area (Å²) in [7, 11) is 1.56. The van der Waals surface area contributed by atoms with Crippen LogP contribution in [-0.2, 0) is 16.0 Å². The van der Waals surface area contributed by atoms with Gasteiger partial charge in [0, 0.05) is 5.57 Å². The van der Waals surface area contributed by atoms with E-state index < -0.39 is 17.4 Å². The molecule has 0 spiro atoms. The molecule has 0 aliphatic heterocycles. The van der Waals surface area contributed by atoms with Gasteiger partial charge in [-0.3, -0.25) is 4.79 Å². The Morgan fingerprint density at radius 3 is 2.36 bits per heavy atom. The summed E-state index contributed by atoms with van der Waals surface area (Å²) in [6, 6.07) is 7.12. The van der Waals surface area contributed by atoms with Gasteiger partial charge in [0.05, 0.1) is 12.5 Å². The zero-order chi connectivity index (χ0) is 16.3. The molecule has 5 heteroatoms. The minimum Gasteiger partial charge on any atom is -0.497 e. The molecule has 0 fully saturated rings. The fourth-order valence-electron chi connectivity index (χ4n) is 2.77. The van der Waals surface area contributed by atoms with Crippen molar-refractivity contribution in [2.45, 2.75) is 19.8 Å². The molecule has 5 nitrogen and oxygen atoms in total. The van der Waals surface area contributed by atoms with Crippen LogP contribution >= 0.6 is 0 Å². The lowest BCUT2D eigenvalue weighted by Crippen LogP contribution is -2.35. The predicted octanol–water partition coefficient (Wildman–Crippen LogP) is 2.67. The highest BCUT2D eigenvalue weighted by Gasteiger charge is 2.40. The van der Waals surface area contributed by atoms with Crippen LogP contribution in [0.15, 0.2) is 47.6 Å². The van der Waals surface area contributed by atoms with E-state index in [1.165, 1.54) is 6.08 Å². The molecule has 0 heterocycles. The van der Waals surface area contributed by atoms with Crippen molar-refractivity contribution >= 4 is 11.9 Å². The average molecular weight is 302 g/mol. The van der Waals surface area contributed by atoms with Crippen LogP contribution in [0.4, 0.5) is 0 Å². The highest BCUT2D eigenvalue weighted by Crippen LogP contribution is 2.38. The molecule has 0 radical (unpaired) electrons. The van der Waals surface area contributed by atoms with Gasteiger partial charge in [0.1, 0.15) is 5.75 Å². The van der Waals surface area contributed by atoms with Gasteiger partial charge in [0.25, 0.3) is 0 Å². The lowest BCUT2D eigenvalue weighted by Gasteiger charge is -2.30. The minimum atomic E-state index is -1.23. The summed E-state index contributed by atoms with van der Waals surface area (Å²) in [5.74, 6) is -1.41.